The quantitative estimate of drug-likeness (QED) is 0.539. The van der Waals surface area contributed by atoms with Crippen LogP contribution in [0, 0.1) is 11.8 Å². The summed E-state index contributed by atoms with van der Waals surface area (Å²) in [6.07, 6.45) is 1.27. The van der Waals surface area contributed by atoms with Crippen LogP contribution in [-0.2, 0) is 30.4 Å². The van der Waals surface area contributed by atoms with Gasteiger partial charge in [-0.1, -0.05) is 62.4 Å². The first-order valence-corrected chi connectivity index (χ1v) is 12.2. The summed E-state index contributed by atoms with van der Waals surface area (Å²) in [5.41, 5.74) is 0.849. The lowest BCUT2D eigenvalue weighted by Crippen LogP contribution is -2.48. The van der Waals surface area contributed by atoms with Gasteiger partial charge in [-0.05, 0) is 36.5 Å². The molecule has 2 aromatic carbocycles. The van der Waals surface area contributed by atoms with Crippen LogP contribution in [-0.4, -0.2) is 36.1 Å². The van der Waals surface area contributed by atoms with Crippen LogP contribution in [0.4, 0.5) is 4.79 Å². The molecule has 1 N–H and O–H groups in total. The Morgan fingerprint density at radius 1 is 1.03 bits per heavy atom. The number of hydrogen-bond donors (Lipinski definition) is 1. The highest BCUT2D eigenvalue weighted by atomic mass is 16.6. The van der Waals surface area contributed by atoms with Gasteiger partial charge in [0.1, 0.15) is 36.9 Å². The minimum atomic E-state index is -0.856. The predicted octanol–water partition coefficient (Wildman–Crippen LogP) is 4.54. The Hall–Kier alpha value is -3.81. The van der Waals surface area contributed by atoms with Gasteiger partial charge in [0.05, 0.1) is 5.92 Å². The number of ketones is 1. The molecule has 0 radical (unpaired) electrons. The van der Waals surface area contributed by atoms with Crippen LogP contribution in [0.15, 0.2) is 72.7 Å². The van der Waals surface area contributed by atoms with Gasteiger partial charge in [-0.2, -0.15) is 0 Å². The van der Waals surface area contributed by atoms with E-state index < -0.39 is 30.3 Å². The molecule has 4 atom stereocenters. The highest BCUT2D eigenvalue weighted by Gasteiger charge is 2.42. The zero-order valence-electron chi connectivity index (χ0n) is 20.4. The Kier molecular flexibility index (Phi) is 8.25. The van der Waals surface area contributed by atoms with E-state index in [2.05, 4.69) is 5.32 Å². The van der Waals surface area contributed by atoms with E-state index in [1.165, 1.54) is 6.26 Å². The van der Waals surface area contributed by atoms with Crippen LogP contribution < -0.4 is 10.1 Å². The van der Waals surface area contributed by atoms with Crippen molar-refractivity contribution in [3.63, 3.8) is 0 Å². The minimum Gasteiger partial charge on any atom is -0.493 e. The maximum Gasteiger partial charge on any atom is 0.408 e. The van der Waals surface area contributed by atoms with Crippen LogP contribution in [0.25, 0.3) is 0 Å². The predicted molar refractivity (Wildman–Crippen MR) is 131 cm³/mol. The molecular weight excluding hydrogens is 462 g/mol. The van der Waals surface area contributed by atoms with Gasteiger partial charge in [0.2, 0.25) is 11.5 Å². The topological polar surface area (TPSA) is 100 Å². The summed E-state index contributed by atoms with van der Waals surface area (Å²) in [6, 6.07) is 17.5. The molecule has 2 aromatic rings. The normalized spacial score (nSPS) is 21.9. The minimum absolute atomic E-state index is 0.104. The van der Waals surface area contributed by atoms with Gasteiger partial charge in [0, 0.05) is 6.42 Å². The highest BCUT2D eigenvalue weighted by Crippen LogP contribution is 2.35. The second-order valence-electron chi connectivity index (χ2n) is 9.34. The van der Waals surface area contributed by atoms with Crippen LogP contribution in [0.1, 0.15) is 38.7 Å². The standard InChI is InChI=1S/C28H31NO7/c1-18(2)25(29-28(32)34-16-19-9-5-3-6-10-19)27(31)36-21-13-14-22-23(15-21)33-17-24(26(22)30)35-20-11-7-4-8-12-20/h3-12,17-18,21-23,25H,13-16H2,1-2H3,(H,29,32). The summed E-state index contributed by atoms with van der Waals surface area (Å²) in [5.74, 6) is -0.451. The largest absolute Gasteiger partial charge is 0.493 e. The van der Waals surface area contributed by atoms with Gasteiger partial charge in [-0.15, -0.1) is 0 Å². The molecule has 8 heteroatoms. The lowest BCUT2D eigenvalue weighted by molar-refractivity contribution is -0.158. The van der Waals surface area contributed by atoms with E-state index in [-0.39, 0.29) is 30.0 Å². The third-order valence-corrected chi connectivity index (χ3v) is 6.33. The number of rotatable bonds is 8. The number of esters is 1. The molecule has 36 heavy (non-hydrogen) atoms. The number of alkyl carbamates (subject to hydrolysis) is 1. The molecule has 190 valence electrons. The maximum atomic E-state index is 12.9. The number of amides is 1. The van der Waals surface area contributed by atoms with Gasteiger partial charge < -0.3 is 24.3 Å². The third kappa shape index (κ3) is 6.44. The number of carbonyl (C=O) groups excluding carboxylic acids is 3. The van der Waals surface area contributed by atoms with Crippen molar-refractivity contribution >= 4 is 17.8 Å². The van der Waals surface area contributed by atoms with Crippen molar-refractivity contribution in [1.82, 2.24) is 5.32 Å². The molecule has 1 saturated carbocycles. The number of ether oxygens (including phenoxy) is 4. The average Bonchev–Trinajstić information content (AvgIpc) is 2.88. The fourth-order valence-electron chi connectivity index (χ4n) is 4.36. The molecule has 1 fully saturated rings. The Labute approximate surface area is 210 Å². The molecule has 8 nitrogen and oxygen atoms in total. The molecule has 1 aliphatic carbocycles. The summed E-state index contributed by atoms with van der Waals surface area (Å²) >= 11 is 0. The zero-order chi connectivity index (χ0) is 25.5. The number of nitrogens with one attached hydrogen (secondary N) is 1. The van der Waals surface area contributed by atoms with Gasteiger partial charge in [0.15, 0.2) is 0 Å². The lowest BCUT2D eigenvalue weighted by atomic mass is 9.80. The van der Waals surface area contributed by atoms with E-state index in [0.29, 0.717) is 25.0 Å². The number of Topliss-reactive ketones (excluding diaryl/α,β-unsaturated/α-hetero) is 1. The van der Waals surface area contributed by atoms with E-state index >= 15 is 0 Å². The highest BCUT2D eigenvalue weighted by molar-refractivity contribution is 5.96. The van der Waals surface area contributed by atoms with Crippen LogP contribution in [0.5, 0.6) is 5.75 Å². The first kappa shape index (κ1) is 25.3. The smallest absolute Gasteiger partial charge is 0.408 e. The molecule has 0 bridgehead atoms. The third-order valence-electron chi connectivity index (χ3n) is 6.33. The van der Waals surface area contributed by atoms with Crippen molar-refractivity contribution in [3.8, 4) is 5.75 Å². The molecular formula is C28H31NO7. The van der Waals surface area contributed by atoms with Crippen molar-refractivity contribution < 1.29 is 33.3 Å². The fourth-order valence-corrected chi connectivity index (χ4v) is 4.36. The van der Waals surface area contributed by atoms with Crippen molar-refractivity contribution in [2.24, 2.45) is 11.8 Å². The van der Waals surface area contributed by atoms with E-state index in [1.54, 1.807) is 12.1 Å². The lowest BCUT2D eigenvalue weighted by Gasteiger charge is -2.37. The fraction of sp³-hybridized carbons (Fsp3) is 0.393. The second-order valence-corrected chi connectivity index (χ2v) is 9.34. The van der Waals surface area contributed by atoms with Crippen LogP contribution in [0.3, 0.4) is 0 Å². The van der Waals surface area contributed by atoms with Crippen LogP contribution >= 0.6 is 0 Å². The SMILES string of the molecule is CC(C)C(NC(=O)OCc1ccccc1)C(=O)OC1CCC2C(=O)C(Oc3ccccc3)=COC2C1. The number of carbonyl (C=O) groups is 3. The molecule has 2 aliphatic rings. The Morgan fingerprint density at radius 2 is 1.72 bits per heavy atom. The molecule has 1 heterocycles. The van der Waals surface area contributed by atoms with E-state index in [1.807, 2.05) is 62.4 Å². The number of benzene rings is 2. The number of para-hydroxylation sites is 1. The maximum absolute atomic E-state index is 12.9. The number of hydrogen-bond acceptors (Lipinski definition) is 7. The number of fused-ring (bicyclic) bond motifs is 1. The van der Waals surface area contributed by atoms with E-state index in [9.17, 15) is 14.4 Å². The van der Waals surface area contributed by atoms with Gasteiger partial charge in [-0.25, -0.2) is 9.59 Å². The van der Waals surface area contributed by atoms with Crippen molar-refractivity contribution in [2.75, 3.05) is 0 Å². The van der Waals surface area contributed by atoms with Gasteiger partial charge >= 0.3 is 12.1 Å². The van der Waals surface area contributed by atoms with Gasteiger partial charge in [0.25, 0.3) is 0 Å². The summed E-state index contributed by atoms with van der Waals surface area (Å²) in [4.78, 5) is 38.1. The molecule has 1 aliphatic heterocycles. The first-order valence-electron chi connectivity index (χ1n) is 12.2. The van der Waals surface area contributed by atoms with Gasteiger partial charge in [-0.3, -0.25) is 4.79 Å². The first-order chi connectivity index (χ1) is 17.4. The monoisotopic (exact) mass is 493 g/mol. The summed E-state index contributed by atoms with van der Waals surface area (Å²) < 4.78 is 22.5. The zero-order valence-corrected chi connectivity index (χ0v) is 20.4. The van der Waals surface area contributed by atoms with Crippen molar-refractivity contribution in [3.05, 3.63) is 78.2 Å². The summed E-state index contributed by atoms with van der Waals surface area (Å²) in [5, 5.41) is 2.62. The number of allylic oxidation sites excluding steroid dienone is 1. The van der Waals surface area contributed by atoms with Crippen LogP contribution in [0.2, 0.25) is 0 Å². The average molecular weight is 494 g/mol. The van der Waals surface area contributed by atoms with E-state index in [4.69, 9.17) is 18.9 Å². The Balaban J connectivity index is 1.29. The Bertz CT molecular complexity index is 1080. The summed E-state index contributed by atoms with van der Waals surface area (Å²) in [6.45, 7) is 3.75. The second kappa shape index (κ2) is 11.7. The molecule has 0 aromatic heterocycles. The molecule has 4 unspecified atom stereocenters. The molecule has 0 saturated heterocycles. The summed E-state index contributed by atoms with van der Waals surface area (Å²) in [7, 11) is 0. The molecule has 0 spiro atoms. The van der Waals surface area contributed by atoms with Crippen molar-refractivity contribution in [2.45, 2.75) is 58.0 Å². The molecule has 1 amide bonds. The van der Waals surface area contributed by atoms with E-state index in [0.717, 1.165) is 5.56 Å². The van der Waals surface area contributed by atoms with Crippen molar-refractivity contribution in [1.29, 1.82) is 0 Å². The molecule has 4 rings (SSSR count). The Morgan fingerprint density at radius 3 is 2.42 bits per heavy atom.